The van der Waals surface area contributed by atoms with Crippen molar-refractivity contribution in [1.29, 1.82) is 0 Å². The SMILES string of the molecule is CC.CCc1ccccc1Cl.CNC(=O)c1ccc2ncc(-c3cc(O)c(C(N)=O)s3)n2c1. The smallest absolute Gasteiger partial charge is 0.262 e. The standard InChI is InChI=1S/C14H12N4O3S.C8H9Cl.C2H6/c1-16-14(21)7-2-3-11-17-5-8(18(11)6-7)10-4-9(19)12(22-10)13(15)20;1-2-7-5-3-4-6-8(7)9;1-2/h2-6,19H,1H3,(H2,15,20)(H,16,21);3-6H,2H2,1H3;1-2H3. The summed E-state index contributed by atoms with van der Waals surface area (Å²) < 4.78 is 1.72. The topological polar surface area (TPSA) is 110 Å². The maximum Gasteiger partial charge on any atom is 0.262 e. The van der Waals surface area contributed by atoms with Crippen LogP contribution in [0.2, 0.25) is 5.02 Å². The predicted octanol–water partition coefficient (Wildman–Crippen LogP) is 5.16. The number of aryl methyl sites for hydroxylation is 1. The Balaban J connectivity index is 0.000000293. The Kier molecular flexibility index (Phi) is 9.44. The maximum absolute atomic E-state index is 11.7. The summed E-state index contributed by atoms with van der Waals surface area (Å²) in [6.45, 7) is 6.10. The summed E-state index contributed by atoms with van der Waals surface area (Å²) in [6, 6.07) is 12.8. The van der Waals surface area contributed by atoms with Gasteiger partial charge in [-0.1, -0.05) is 50.6 Å². The van der Waals surface area contributed by atoms with Gasteiger partial charge in [-0.3, -0.25) is 14.0 Å². The number of primary amides is 1. The minimum absolute atomic E-state index is 0.0902. The van der Waals surface area contributed by atoms with E-state index < -0.39 is 5.91 Å². The number of nitrogens with zero attached hydrogens (tertiary/aromatic N) is 2. The summed E-state index contributed by atoms with van der Waals surface area (Å²) in [6.07, 6.45) is 4.27. The molecule has 174 valence electrons. The van der Waals surface area contributed by atoms with Crippen LogP contribution in [0, 0.1) is 0 Å². The van der Waals surface area contributed by atoms with Crippen LogP contribution in [0.3, 0.4) is 0 Å². The second-order valence-electron chi connectivity index (χ2n) is 6.50. The predicted molar refractivity (Wildman–Crippen MR) is 134 cm³/mol. The molecule has 1 aromatic carbocycles. The molecule has 4 N–H and O–H groups in total. The van der Waals surface area contributed by atoms with Crippen molar-refractivity contribution in [2.24, 2.45) is 5.73 Å². The van der Waals surface area contributed by atoms with E-state index in [2.05, 4.69) is 17.2 Å². The highest BCUT2D eigenvalue weighted by Crippen LogP contribution is 2.35. The molecular formula is C24H27ClN4O3S. The number of hydrogen-bond donors (Lipinski definition) is 3. The van der Waals surface area contributed by atoms with E-state index in [1.54, 1.807) is 36.0 Å². The molecule has 9 heteroatoms. The normalized spacial score (nSPS) is 9.97. The van der Waals surface area contributed by atoms with E-state index in [9.17, 15) is 14.7 Å². The van der Waals surface area contributed by atoms with Crippen LogP contribution in [-0.2, 0) is 6.42 Å². The molecule has 4 rings (SSSR count). The molecule has 0 aliphatic carbocycles. The van der Waals surface area contributed by atoms with Gasteiger partial charge in [0.05, 0.1) is 22.3 Å². The minimum atomic E-state index is -0.686. The average Bonchev–Trinajstić information content (AvgIpc) is 3.43. The fraction of sp³-hybridized carbons (Fsp3) is 0.208. The summed E-state index contributed by atoms with van der Waals surface area (Å²) in [4.78, 5) is 27.9. The van der Waals surface area contributed by atoms with Gasteiger partial charge in [-0.2, -0.15) is 0 Å². The lowest BCUT2D eigenvalue weighted by atomic mass is 10.2. The van der Waals surface area contributed by atoms with Crippen LogP contribution in [0.5, 0.6) is 5.75 Å². The molecule has 2 amide bonds. The van der Waals surface area contributed by atoms with E-state index in [1.165, 1.54) is 11.6 Å². The van der Waals surface area contributed by atoms with E-state index >= 15 is 0 Å². The van der Waals surface area contributed by atoms with Gasteiger partial charge in [0.2, 0.25) is 0 Å². The zero-order valence-electron chi connectivity index (χ0n) is 18.9. The first kappa shape index (κ1) is 25.9. The summed E-state index contributed by atoms with van der Waals surface area (Å²) in [5.41, 5.74) is 8.22. The van der Waals surface area contributed by atoms with E-state index in [4.69, 9.17) is 17.3 Å². The maximum atomic E-state index is 11.7. The van der Waals surface area contributed by atoms with Crippen molar-refractivity contribution in [2.45, 2.75) is 27.2 Å². The zero-order chi connectivity index (χ0) is 24.5. The summed E-state index contributed by atoms with van der Waals surface area (Å²) >= 11 is 6.90. The monoisotopic (exact) mass is 486 g/mol. The van der Waals surface area contributed by atoms with E-state index in [1.807, 2.05) is 38.1 Å². The van der Waals surface area contributed by atoms with Crippen molar-refractivity contribution in [3.05, 3.63) is 75.9 Å². The van der Waals surface area contributed by atoms with Gasteiger partial charge in [0.1, 0.15) is 16.3 Å². The van der Waals surface area contributed by atoms with E-state index in [0.717, 1.165) is 22.8 Å². The number of benzene rings is 1. The number of nitrogens with two attached hydrogens (primary N) is 1. The van der Waals surface area contributed by atoms with Crippen LogP contribution in [0.4, 0.5) is 0 Å². The summed E-state index contributed by atoms with van der Waals surface area (Å²) in [7, 11) is 1.55. The quantitative estimate of drug-likeness (QED) is 0.370. The highest BCUT2D eigenvalue weighted by atomic mass is 35.5. The average molecular weight is 487 g/mol. The van der Waals surface area contributed by atoms with Crippen molar-refractivity contribution < 1.29 is 14.7 Å². The third kappa shape index (κ3) is 6.12. The number of nitrogens with one attached hydrogen (secondary N) is 1. The van der Waals surface area contributed by atoms with E-state index in [0.29, 0.717) is 21.8 Å². The first-order chi connectivity index (χ1) is 15.8. The number of aromatic hydroxyl groups is 1. The molecule has 0 atom stereocenters. The van der Waals surface area contributed by atoms with Gasteiger partial charge in [-0.25, -0.2) is 4.98 Å². The molecule has 0 spiro atoms. The van der Waals surface area contributed by atoms with Gasteiger partial charge in [0, 0.05) is 24.3 Å². The molecule has 0 aliphatic heterocycles. The van der Waals surface area contributed by atoms with Crippen LogP contribution >= 0.6 is 22.9 Å². The Labute approximate surface area is 201 Å². The third-order valence-electron chi connectivity index (χ3n) is 4.52. The molecule has 0 bridgehead atoms. The number of pyridine rings is 1. The van der Waals surface area contributed by atoms with Crippen molar-refractivity contribution in [1.82, 2.24) is 14.7 Å². The molecule has 7 nitrogen and oxygen atoms in total. The molecule has 0 aliphatic rings. The number of imidazole rings is 1. The molecule has 33 heavy (non-hydrogen) atoms. The Bertz CT molecular complexity index is 1250. The van der Waals surface area contributed by atoms with Crippen molar-refractivity contribution in [2.75, 3.05) is 7.05 Å². The number of aromatic nitrogens is 2. The molecule has 0 saturated carbocycles. The van der Waals surface area contributed by atoms with Gasteiger partial charge in [-0.05, 0) is 30.2 Å². The number of rotatable bonds is 4. The van der Waals surface area contributed by atoms with Crippen molar-refractivity contribution >= 4 is 40.4 Å². The first-order valence-electron chi connectivity index (χ1n) is 10.4. The van der Waals surface area contributed by atoms with Crippen LogP contribution in [0.1, 0.15) is 46.4 Å². The van der Waals surface area contributed by atoms with Gasteiger partial charge in [-0.15, -0.1) is 11.3 Å². The third-order valence-corrected chi connectivity index (χ3v) is 6.05. The highest BCUT2D eigenvalue weighted by molar-refractivity contribution is 7.17. The van der Waals surface area contributed by atoms with Crippen molar-refractivity contribution in [3.8, 4) is 16.3 Å². The number of hydrogen-bond acceptors (Lipinski definition) is 5. The number of carbonyl (C=O) groups excluding carboxylic acids is 2. The lowest BCUT2D eigenvalue weighted by Crippen LogP contribution is -2.18. The van der Waals surface area contributed by atoms with E-state index in [-0.39, 0.29) is 16.5 Å². The number of carbonyl (C=O) groups is 2. The lowest BCUT2D eigenvalue weighted by Gasteiger charge is -2.03. The molecule has 0 unspecified atom stereocenters. The fourth-order valence-electron chi connectivity index (χ4n) is 2.91. The van der Waals surface area contributed by atoms with Crippen LogP contribution in [0.25, 0.3) is 16.2 Å². The van der Waals surface area contributed by atoms with Gasteiger partial charge in [0.25, 0.3) is 11.8 Å². The van der Waals surface area contributed by atoms with Crippen LogP contribution in [0.15, 0.2) is 54.9 Å². The van der Waals surface area contributed by atoms with Crippen LogP contribution in [-0.4, -0.2) is 33.4 Å². The Morgan fingerprint density at radius 3 is 2.45 bits per heavy atom. The highest BCUT2D eigenvalue weighted by Gasteiger charge is 2.17. The Morgan fingerprint density at radius 1 is 1.21 bits per heavy atom. The van der Waals surface area contributed by atoms with Gasteiger partial charge in [0.15, 0.2) is 0 Å². The number of fused-ring (bicyclic) bond motifs is 1. The molecule has 3 aromatic heterocycles. The molecule has 3 heterocycles. The van der Waals surface area contributed by atoms with Gasteiger partial charge >= 0.3 is 0 Å². The number of thiophene rings is 1. The molecular weight excluding hydrogens is 460 g/mol. The summed E-state index contributed by atoms with van der Waals surface area (Å²) in [5.74, 6) is -1.06. The lowest BCUT2D eigenvalue weighted by molar-refractivity contribution is 0.0961. The Morgan fingerprint density at radius 2 is 1.91 bits per heavy atom. The largest absolute Gasteiger partial charge is 0.506 e. The van der Waals surface area contributed by atoms with Crippen LogP contribution < -0.4 is 11.1 Å². The second-order valence-corrected chi connectivity index (χ2v) is 7.96. The number of amides is 2. The summed E-state index contributed by atoms with van der Waals surface area (Å²) in [5, 5.41) is 13.2. The zero-order valence-corrected chi connectivity index (χ0v) is 20.5. The van der Waals surface area contributed by atoms with Gasteiger partial charge < -0.3 is 16.2 Å². The molecule has 0 radical (unpaired) electrons. The number of halogens is 1. The molecule has 0 saturated heterocycles. The molecule has 4 aromatic rings. The second kappa shape index (κ2) is 12.0. The minimum Gasteiger partial charge on any atom is -0.506 e. The first-order valence-corrected chi connectivity index (χ1v) is 11.6. The Hall–Kier alpha value is -3.36. The molecule has 0 fully saturated rings. The fourth-order valence-corrected chi connectivity index (χ4v) is 4.09. The van der Waals surface area contributed by atoms with Crippen molar-refractivity contribution in [3.63, 3.8) is 0 Å².